The average molecular weight is 339 g/mol. The first kappa shape index (κ1) is 13.7. The van der Waals surface area contributed by atoms with Crippen molar-refractivity contribution in [2.24, 2.45) is 0 Å². The van der Waals surface area contributed by atoms with E-state index in [-0.39, 0.29) is 0 Å². The molecule has 0 saturated heterocycles. The third-order valence-electron chi connectivity index (χ3n) is 2.42. The van der Waals surface area contributed by atoms with Crippen LogP contribution >= 0.6 is 27.5 Å². The van der Waals surface area contributed by atoms with Crippen molar-refractivity contribution in [3.8, 4) is 23.3 Å². The number of methoxy groups -OCH3 is 1. The molecule has 0 bridgehead atoms. The van der Waals surface area contributed by atoms with Crippen molar-refractivity contribution in [1.29, 1.82) is 5.26 Å². The molecule has 0 radical (unpaired) electrons. The summed E-state index contributed by atoms with van der Waals surface area (Å²) in [6.07, 6.45) is 0. The number of hydrogen-bond acceptors (Lipinski definition) is 3. The fourth-order valence-corrected chi connectivity index (χ4v) is 2.10. The number of hydrogen-bond donors (Lipinski definition) is 0. The number of rotatable bonds is 3. The lowest BCUT2D eigenvalue weighted by Crippen LogP contribution is -1.90. The third-order valence-corrected chi connectivity index (χ3v) is 3.28. The monoisotopic (exact) mass is 337 g/mol. The van der Waals surface area contributed by atoms with Gasteiger partial charge < -0.3 is 9.47 Å². The molecule has 0 aliphatic heterocycles. The zero-order chi connectivity index (χ0) is 13.8. The van der Waals surface area contributed by atoms with E-state index < -0.39 is 0 Å². The summed E-state index contributed by atoms with van der Waals surface area (Å²) in [5.41, 5.74) is 0.384. The van der Waals surface area contributed by atoms with Crippen LogP contribution in [0.15, 0.2) is 40.9 Å². The third kappa shape index (κ3) is 3.19. The van der Waals surface area contributed by atoms with Gasteiger partial charge in [0.1, 0.15) is 23.3 Å². The highest BCUT2D eigenvalue weighted by Gasteiger charge is 2.09. The highest BCUT2D eigenvalue weighted by molar-refractivity contribution is 9.10. The van der Waals surface area contributed by atoms with Crippen LogP contribution in [-0.2, 0) is 0 Å². The highest BCUT2D eigenvalue weighted by atomic mass is 79.9. The summed E-state index contributed by atoms with van der Waals surface area (Å²) in [7, 11) is 1.59. The second-order valence-corrected chi connectivity index (χ2v) is 4.94. The van der Waals surface area contributed by atoms with Gasteiger partial charge in [-0.3, -0.25) is 0 Å². The summed E-state index contributed by atoms with van der Waals surface area (Å²) in [5, 5.41) is 9.55. The Hall–Kier alpha value is -1.70. The quantitative estimate of drug-likeness (QED) is 0.809. The Morgan fingerprint density at radius 2 is 1.89 bits per heavy atom. The molecular weight excluding hydrogens is 330 g/mol. The topological polar surface area (TPSA) is 42.2 Å². The molecule has 0 unspecified atom stereocenters. The molecule has 2 aromatic carbocycles. The van der Waals surface area contributed by atoms with Crippen molar-refractivity contribution in [3.05, 3.63) is 51.5 Å². The Labute approximate surface area is 124 Å². The van der Waals surface area contributed by atoms with Gasteiger partial charge in [-0.15, -0.1) is 0 Å². The molecule has 0 spiro atoms. The first-order valence-corrected chi connectivity index (χ1v) is 6.52. The molecule has 3 nitrogen and oxygen atoms in total. The van der Waals surface area contributed by atoms with Crippen LogP contribution in [0.4, 0.5) is 0 Å². The molecule has 0 fully saturated rings. The lowest BCUT2D eigenvalue weighted by molar-refractivity contribution is 0.412. The maximum absolute atomic E-state index is 9.05. The summed E-state index contributed by atoms with van der Waals surface area (Å²) in [6.45, 7) is 0. The number of ether oxygens (including phenoxy) is 2. The van der Waals surface area contributed by atoms with E-state index in [0.717, 1.165) is 10.2 Å². The van der Waals surface area contributed by atoms with Gasteiger partial charge in [-0.2, -0.15) is 5.26 Å². The minimum absolute atomic E-state index is 0.384. The smallest absolute Gasteiger partial charge is 0.145 e. The maximum atomic E-state index is 9.05. The molecular formula is C14H9BrClNO2. The predicted molar refractivity (Wildman–Crippen MR) is 76.9 cm³/mol. The van der Waals surface area contributed by atoms with Crippen LogP contribution in [-0.4, -0.2) is 7.11 Å². The Bertz CT molecular complexity index is 652. The lowest BCUT2D eigenvalue weighted by Gasteiger charge is -2.10. The lowest BCUT2D eigenvalue weighted by atomic mass is 10.2. The van der Waals surface area contributed by atoms with Gasteiger partial charge in [0.2, 0.25) is 0 Å². The average Bonchev–Trinajstić information content (AvgIpc) is 2.42. The molecule has 2 rings (SSSR count). The first-order valence-electron chi connectivity index (χ1n) is 5.35. The van der Waals surface area contributed by atoms with Crippen LogP contribution in [0.1, 0.15) is 5.56 Å². The fourth-order valence-electron chi connectivity index (χ4n) is 1.49. The normalized spacial score (nSPS) is 9.79. The Morgan fingerprint density at radius 1 is 1.16 bits per heavy atom. The molecule has 5 heteroatoms. The standard InChI is InChI=1S/C14H9BrClNO2/c1-18-11-3-5-14(12(15)7-11)19-13-4-2-10(16)6-9(13)8-17/h2-7H,1H3. The molecule has 0 aliphatic rings. The summed E-state index contributed by atoms with van der Waals surface area (Å²) in [4.78, 5) is 0. The van der Waals surface area contributed by atoms with E-state index >= 15 is 0 Å². The SMILES string of the molecule is COc1ccc(Oc2ccc(Cl)cc2C#N)c(Br)c1. The Balaban J connectivity index is 2.34. The fraction of sp³-hybridized carbons (Fsp3) is 0.0714. The van der Waals surface area contributed by atoms with E-state index in [1.807, 2.05) is 6.07 Å². The van der Waals surface area contributed by atoms with Crippen LogP contribution in [0, 0.1) is 11.3 Å². The van der Waals surface area contributed by atoms with Gasteiger partial charge in [0.15, 0.2) is 0 Å². The van der Waals surface area contributed by atoms with Crippen molar-refractivity contribution in [3.63, 3.8) is 0 Å². The Morgan fingerprint density at radius 3 is 2.53 bits per heavy atom. The minimum atomic E-state index is 0.384. The van der Waals surface area contributed by atoms with E-state index in [1.165, 1.54) is 0 Å². The summed E-state index contributed by atoms with van der Waals surface area (Å²) in [5.74, 6) is 1.77. The van der Waals surface area contributed by atoms with Crippen molar-refractivity contribution in [2.45, 2.75) is 0 Å². The minimum Gasteiger partial charge on any atom is -0.497 e. The van der Waals surface area contributed by atoms with Crippen molar-refractivity contribution >= 4 is 27.5 Å². The zero-order valence-electron chi connectivity index (χ0n) is 9.98. The van der Waals surface area contributed by atoms with Crippen LogP contribution < -0.4 is 9.47 Å². The van der Waals surface area contributed by atoms with E-state index in [4.69, 9.17) is 26.3 Å². The second kappa shape index (κ2) is 5.96. The van der Waals surface area contributed by atoms with Crippen LogP contribution in [0.25, 0.3) is 0 Å². The Kier molecular flexibility index (Phi) is 4.31. The maximum Gasteiger partial charge on any atom is 0.145 e. The van der Waals surface area contributed by atoms with E-state index in [1.54, 1.807) is 43.5 Å². The molecule has 19 heavy (non-hydrogen) atoms. The molecule has 0 aromatic heterocycles. The van der Waals surface area contributed by atoms with E-state index in [2.05, 4.69) is 15.9 Å². The van der Waals surface area contributed by atoms with Crippen molar-refractivity contribution in [1.82, 2.24) is 0 Å². The van der Waals surface area contributed by atoms with E-state index in [0.29, 0.717) is 22.1 Å². The molecule has 0 heterocycles. The molecule has 2 aromatic rings. The van der Waals surface area contributed by atoms with Gasteiger partial charge in [-0.05, 0) is 52.3 Å². The number of benzene rings is 2. The summed E-state index contributed by atoms with van der Waals surface area (Å²) >= 11 is 9.23. The van der Waals surface area contributed by atoms with Gasteiger partial charge in [-0.1, -0.05) is 11.6 Å². The second-order valence-electron chi connectivity index (χ2n) is 3.65. The van der Waals surface area contributed by atoms with Crippen LogP contribution in [0.3, 0.4) is 0 Å². The number of halogens is 2. The highest BCUT2D eigenvalue weighted by Crippen LogP contribution is 2.34. The molecule has 0 N–H and O–H groups in total. The van der Waals surface area contributed by atoms with Crippen LogP contribution in [0.5, 0.6) is 17.2 Å². The molecule has 0 atom stereocenters. The summed E-state index contributed by atoms with van der Waals surface area (Å²) in [6, 6.07) is 12.3. The molecule has 0 amide bonds. The van der Waals surface area contributed by atoms with Crippen molar-refractivity contribution in [2.75, 3.05) is 7.11 Å². The zero-order valence-corrected chi connectivity index (χ0v) is 12.3. The van der Waals surface area contributed by atoms with Gasteiger partial charge in [0.05, 0.1) is 17.1 Å². The summed E-state index contributed by atoms with van der Waals surface area (Å²) < 4.78 is 11.5. The van der Waals surface area contributed by atoms with Crippen molar-refractivity contribution < 1.29 is 9.47 Å². The van der Waals surface area contributed by atoms with Gasteiger partial charge in [0, 0.05) is 5.02 Å². The van der Waals surface area contributed by atoms with E-state index in [9.17, 15) is 0 Å². The van der Waals surface area contributed by atoms with Gasteiger partial charge in [-0.25, -0.2) is 0 Å². The van der Waals surface area contributed by atoms with Gasteiger partial charge >= 0.3 is 0 Å². The molecule has 0 aliphatic carbocycles. The number of nitriles is 1. The van der Waals surface area contributed by atoms with Gasteiger partial charge in [0.25, 0.3) is 0 Å². The number of nitrogens with zero attached hydrogens (tertiary/aromatic N) is 1. The predicted octanol–water partition coefficient (Wildman–Crippen LogP) is 4.78. The van der Waals surface area contributed by atoms with Crippen LogP contribution in [0.2, 0.25) is 5.02 Å². The first-order chi connectivity index (χ1) is 9.13. The molecule has 0 saturated carbocycles. The molecule has 96 valence electrons. The largest absolute Gasteiger partial charge is 0.497 e.